The van der Waals surface area contributed by atoms with Crippen molar-refractivity contribution >= 4 is 31.5 Å². The largest absolute Gasteiger partial charge is 0.256 e. The van der Waals surface area contributed by atoms with E-state index in [4.69, 9.17) is 1.37 Å². The smallest absolute Gasteiger partial charge is 0.0705 e. The molecule has 0 radical (unpaired) electrons. The maximum atomic E-state index is 8.22. The molecule has 0 atom stereocenters. The lowest BCUT2D eigenvalue weighted by Gasteiger charge is -2.07. The Balaban J connectivity index is 1.91. The fourth-order valence-electron chi connectivity index (χ4n) is 2.78. The van der Waals surface area contributed by atoms with Crippen molar-refractivity contribution in [2.75, 3.05) is 0 Å². The van der Waals surface area contributed by atoms with Gasteiger partial charge in [-0.25, -0.2) is 0 Å². The Morgan fingerprint density at radius 3 is 2.64 bits per heavy atom. The van der Waals surface area contributed by atoms with E-state index < -0.39 is 5.89 Å². The number of pyridine rings is 1. The van der Waals surface area contributed by atoms with E-state index in [1.54, 1.807) is 6.20 Å². The molecule has 2 aromatic heterocycles. The first-order valence-corrected chi connectivity index (χ1v) is 8.22. The molecule has 0 saturated heterocycles. The van der Waals surface area contributed by atoms with E-state index >= 15 is 0 Å². The molecule has 4 aromatic rings. The second kappa shape index (κ2) is 5.22. The van der Waals surface area contributed by atoms with Crippen LogP contribution in [0.15, 0.2) is 60.8 Å². The molecule has 108 valence electrons. The van der Waals surface area contributed by atoms with Gasteiger partial charge in [0, 0.05) is 33.3 Å². The predicted molar refractivity (Wildman–Crippen MR) is 96.7 cm³/mol. The van der Waals surface area contributed by atoms with E-state index in [-0.39, 0.29) is 0 Å². The summed E-state index contributed by atoms with van der Waals surface area (Å²) in [6.45, 7) is 3.81. The van der Waals surface area contributed by atoms with Gasteiger partial charge in [-0.1, -0.05) is 38.1 Å². The standard InChI is InChI=1S/C20H17NS/c1-13(2)14-9-10-21-18(12-14)15-7-8-20-17(11-15)16-5-3-4-6-19(16)22-20/h3-13H,1-2H3/i13D. The molecule has 1 nitrogen and oxygen atoms in total. The quantitative estimate of drug-likeness (QED) is 0.427. The first-order chi connectivity index (χ1) is 11.0. The van der Waals surface area contributed by atoms with Crippen molar-refractivity contribution in [3.63, 3.8) is 0 Å². The molecule has 0 aliphatic heterocycles. The Hall–Kier alpha value is -2.19. The van der Waals surface area contributed by atoms with Crippen molar-refractivity contribution in [2.24, 2.45) is 0 Å². The molecule has 0 bridgehead atoms. The van der Waals surface area contributed by atoms with Gasteiger partial charge in [-0.3, -0.25) is 4.98 Å². The van der Waals surface area contributed by atoms with Gasteiger partial charge in [-0.15, -0.1) is 11.3 Å². The summed E-state index contributed by atoms with van der Waals surface area (Å²) in [6.07, 6.45) is 1.80. The molecule has 0 saturated carbocycles. The highest BCUT2D eigenvalue weighted by Gasteiger charge is 2.08. The minimum atomic E-state index is -0.614. The molecule has 0 fully saturated rings. The molecule has 4 rings (SSSR count). The number of rotatable bonds is 2. The van der Waals surface area contributed by atoms with Crippen LogP contribution in [0.4, 0.5) is 0 Å². The van der Waals surface area contributed by atoms with Crippen LogP contribution < -0.4 is 0 Å². The molecule has 0 aliphatic rings. The SMILES string of the molecule is [2H]C(C)(C)c1ccnc(-c2ccc3sc4ccccc4c3c2)c1. The monoisotopic (exact) mass is 304 g/mol. The number of hydrogen-bond acceptors (Lipinski definition) is 2. The van der Waals surface area contributed by atoms with Gasteiger partial charge in [-0.2, -0.15) is 0 Å². The van der Waals surface area contributed by atoms with Gasteiger partial charge in [0.25, 0.3) is 0 Å². The Morgan fingerprint density at radius 1 is 0.955 bits per heavy atom. The summed E-state index contributed by atoms with van der Waals surface area (Å²) < 4.78 is 10.8. The molecular formula is C20H17NS. The maximum Gasteiger partial charge on any atom is 0.0705 e. The second-order valence-electron chi connectivity index (χ2n) is 5.74. The molecule has 0 amide bonds. The topological polar surface area (TPSA) is 12.9 Å². The third-order valence-electron chi connectivity index (χ3n) is 4.01. The summed E-state index contributed by atoms with van der Waals surface area (Å²) in [7, 11) is 0. The van der Waals surface area contributed by atoms with E-state index in [0.717, 1.165) is 16.8 Å². The molecular weight excluding hydrogens is 286 g/mol. The van der Waals surface area contributed by atoms with Crippen LogP contribution in [0, 0.1) is 0 Å². The number of benzene rings is 2. The average Bonchev–Trinajstić information content (AvgIpc) is 2.92. The number of aromatic nitrogens is 1. The zero-order valence-corrected chi connectivity index (χ0v) is 13.4. The summed E-state index contributed by atoms with van der Waals surface area (Å²) in [6, 6.07) is 19.0. The van der Waals surface area contributed by atoms with Gasteiger partial charge < -0.3 is 0 Å². The van der Waals surface area contributed by atoms with Crippen LogP contribution >= 0.6 is 11.3 Å². The highest BCUT2D eigenvalue weighted by atomic mass is 32.1. The first kappa shape index (κ1) is 12.4. The van der Waals surface area contributed by atoms with Gasteiger partial charge >= 0.3 is 0 Å². The highest BCUT2D eigenvalue weighted by Crippen LogP contribution is 2.36. The van der Waals surface area contributed by atoms with Crippen molar-refractivity contribution in [3.05, 3.63) is 66.4 Å². The average molecular weight is 304 g/mol. The molecule has 0 spiro atoms. The lowest BCUT2D eigenvalue weighted by atomic mass is 10.0. The van der Waals surface area contributed by atoms with Gasteiger partial charge in [-0.05, 0) is 41.8 Å². The molecule has 0 aliphatic carbocycles. The van der Waals surface area contributed by atoms with Gasteiger partial charge in [0.2, 0.25) is 0 Å². The minimum absolute atomic E-state index is 0.614. The van der Waals surface area contributed by atoms with Gasteiger partial charge in [0.1, 0.15) is 0 Å². The number of nitrogens with zero attached hydrogens (tertiary/aromatic N) is 1. The molecule has 2 heterocycles. The molecule has 0 N–H and O–H groups in total. The van der Waals surface area contributed by atoms with Crippen molar-refractivity contribution < 1.29 is 1.37 Å². The Bertz CT molecular complexity index is 1010. The molecule has 2 heteroatoms. The normalized spacial score (nSPS) is 12.7. The van der Waals surface area contributed by atoms with E-state index in [1.165, 1.54) is 20.2 Å². The van der Waals surface area contributed by atoms with Gasteiger partial charge in [0.15, 0.2) is 0 Å². The Morgan fingerprint density at radius 2 is 1.77 bits per heavy atom. The summed E-state index contributed by atoms with van der Waals surface area (Å²) in [5.74, 6) is -0.614. The fraction of sp³-hybridized carbons (Fsp3) is 0.150. The Kier molecular flexibility index (Phi) is 2.93. The Labute approximate surface area is 135 Å². The van der Waals surface area contributed by atoms with E-state index in [0.29, 0.717) is 0 Å². The van der Waals surface area contributed by atoms with Crippen LogP contribution in [0.1, 0.15) is 26.7 Å². The number of thiophene rings is 1. The third-order valence-corrected chi connectivity index (χ3v) is 5.16. The minimum Gasteiger partial charge on any atom is -0.256 e. The predicted octanol–water partition coefficient (Wildman–Crippen LogP) is 6.24. The first-order valence-electron chi connectivity index (χ1n) is 7.90. The highest BCUT2D eigenvalue weighted by molar-refractivity contribution is 7.25. The van der Waals surface area contributed by atoms with Crippen molar-refractivity contribution in [1.82, 2.24) is 4.98 Å². The van der Waals surface area contributed by atoms with Crippen LogP contribution in [-0.4, -0.2) is 4.98 Å². The lowest BCUT2D eigenvalue weighted by molar-refractivity contribution is 0.864. The summed E-state index contributed by atoms with van der Waals surface area (Å²) in [5.41, 5.74) is 3.02. The summed E-state index contributed by atoms with van der Waals surface area (Å²) >= 11 is 1.82. The van der Waals surface area contributed by atoms with E-state index in [2.05, 4.69) is 47.4 Å². The van der Waals surface area contributed by atoms with Crippen molar-refractivity contribution in [3.8, 4) is 11.3 Å². The summed E-state index contributed by atoms with van der Waals surface area (Å²) in [4.78, 5) is 4.51. The van der Waals surface area contributed by atoms with Crippen LogP contribution in [0.25, 0.3) is 31.4 Å². The lowest BCUT2D eigenvalue weighted by Crippen LogP contribution is -1.90. The number of hydrogen-bond donors (Lipinski definition) is 0. The molecule has 2 aromatic carbocycles. The third kappa shape index (κ3) is 2.20. The fourth-order valence-corrected chi connectivity index (χ4v) is 3.87. The van der Waals surface area contributed by atoms with E-state index in [1.807, 2.05) is 37.3 Å². The van der Waals surface area contributed by atoms with Crippen LogP contribution in [-0.2, 0) is 0 Å². The van der Waals surface area contributed by atoms with Crippen LogP contribution in [0.5, 0.6) is 0 Å². The second-order valence-corrected chi connectivity index (χ2v) is 6.82. The van der Waals surface area contributed by atoms with Crippen LogP contribution in [0.3, 0.4) is 0 Å². The molecule has 0 unspecified atom stereocenters. The van der Waals surface area contributed by atoms with E-state index in [9.17, 15) is 0 Å². The molecule has 22 heavy (non-hydrogen) atoms. The van der Waals surface area contributed by atoms with Crippen molar-refractivity contribution in [1.29, 1.82) is 0 Å². The maximum absolute atomic E-state index is 8.22. The zero-order chi connectivity index (χ0) is 16.0. The van der Waals surface area contributed by atoms with Crippen LogP contribution in [0.2, 0.25) is 0 Å². The van der Waals surface area contributed by atoms with Gasteiger partial charge in [0.05, 0.1) is 5.69 Å². The zero-order valence-electron chi connectivity index (χ0n) is 13.6. The summed E-state index contributed by atoms with van der Waals surface area (Å²) in [5, 5.41) is 2.58. The number of fused-ring (bicyclic) bond motifs is 3. The van der Waals surface area contributed by atoms with Crippen molar-refractivity contribution in [2.45, 2.75) is 19.7 Å².